The van der Waals surface area contributed by atoms with Crippen molar-refractivity contribution in [2.45, 2.75) is 12.5 Å². The Morgan fingerprint density at radius 2 is 2.08 bits per heavy atom. The van der Waals surface area contributed by atoms with Crippen LogP contribution in [0.25, 0.3) is 0 Å². The Labute approximate surface area is 77.0 Å². The molecule has 2 nitrogen and oxygen atoms in total. The summed E-state index contributed by atoms with van der Waals surface area (Å²) >= 11 is 5.89. The normalized spacial score (nSPS) is 12.9. The standard InChI is InChI=1S/C9H12ClNO/c10-9-4-2-1-3-7(9)5-8(11)6-12/h1-4,8,12H,5-6,11H2/t8-/m1/s1. The van der Waals surface area contributed by atoms with Crippen LogP contribution in [0.4, 0.5) is 0 Å². The van der Waals surface area contributed by atoms with Gasteiger partial charge in [-0.25, -0.2) is 0 Å². The van der Waals surface area contributed by atoms with Crippen LogP contribution in [-0.4, -0.2) is 17.8 Å². The first kappa shape index (κ1) is 9.52. The highest BCUT2D eigenvalue weighted by atomic mass is 35.5. The highest BCUT2D eigenvalue weighted by Crippen LogP contribution is 2.15. The minimum atomic E-state index is -0.218. The van der Waals surface area contributed by atoms with Crippen molar-refractivity contribution in [2.24, 2.45) is 5.73 Å². The van der Waals surface area contributed by atoms with Gasteiger partial charge in [-0.2, -0.15) is 0 Å². The van der Waals surface area contributed by atoms with E-state index >= 15 is 0 Å². The van der Waals surface area contributed by atoms with Gasteiger partial charge in [0.1, 0.15) is 0 Å². The van der Waals surface area contributed by atoms with Gasteiger partial charge in [0.15, 0.2) is 0 Å². The molecule has 0 amide bonds. The molecule has 3 N–H and O–H groups in total. The quantitative estimate of drug-likeness (QED) is 0.744. The number of benzene rings is 1. The van der Waals surface area contributed by atoms with Gasteiger partial charge in [-0.1, -0.05) is 29.8 Å². The monoisotopic (exact) mass is 185 g/mol. The highest BCUT2D eigenvalue weighted by Gasteiger charge is 2.04. The van der Waals surface area contributed by atoms with Crippen molar-refractivity contribution in [1.29, 1.82) is 0 Å². The van der Waals surface area contributed by atoms with Crippen molar-refractivity contribution in [3.8, 4) is 0 Å². The van der Waals surface area contributed by atoms with Crippen LogP contribution >= 0.6 is 11.6 Å². The zero-order chi connectivity index (χ0) is 8.97. The second-order valence-electron chi connectivity index (χ2n) is 2.74. The predicted octanol–water partition coefficient (Wildman–Crippen LogP) is 1.20. The molecule has 0 aliphatic heterocycles. The van der Waals surface area contributed by atoms with Gasteiger partial charge < -0.3 is 10.8 Å². The van der Waals surface area contributed by atoms with E-state index in [2.05, 4.69) is 0 Å². The molecule has 1 atom stereocenters. The summed E-state index contributed by atoms with van der Waals surface area (Å²) in [5.41, 5.74) is 6.55. The topological polar surface area (TPSA) is 46.2 Å². The van der Waals surface area contributed by atoms with Crippen LogP contribution in [-0.2, 0) is 6.42 Å². The maximum Gasteiger partial charge on any atom is 0.0585 e. The van der Waals surface area contributed by atoms with Gasteiger partial charge >= 0.3 is 0 Å². The molecular formula is C9H12ClNO. The van der Waals surface area contributed by atoms with Crippen LogP contribution in [0.2, 0.25) is 5.02 Å². The molecule has 0 bridgehead atoms. The van der Waals surface area contributed by atoms with E-state index in [1.807, 2.05) is 24.3 Å². The zero-order valence-corrected chi connectivity index (χ0v) is 7.46. The third-order valence-electron chi connectivity index (χ3n) is 1.67. The van der Waals surface area contributed by atoms with Crippen LogP contribution in [0.5, 0.6) is 0 Å². The van der Waals surface area contributed by atoms with Gasteiger partial charge in [-0.3, -0.25) is 0 Å². The van der Waals surface area contributed by atoms with Crippen molar-refractivity contribution in [3.63, 3.8) is 0 Å². The second kappa shape index (κ2) is 4.45. The average molecular weight is 186 g/mol. The first-order valence-electron chi connectivity index (χ1n) is 3.84. The first-order chi connectivity index (χ1) is 5.74. The lowest BCUT2D eigenvalue weighted by molar-refractivity contribution is 0.265. The number of nitrogens with two attached hydrogens (primary N) is 1. The van der Waals surface area contributed by atoms with Gasteiger partial charge in [-0.05, 0) is 18.1 Å². The molecule has 0 aromatic heterocycles. The summed E-state index contributed by atoms with van der Waals surface area (Å²) in [5.74, 6) is 0. The fourth-order valence-electron chi connectivity index (χ4n) is 1.01. The number of aliphatic hydroxyl groups excluding tert-OH is 1. The smallest absolute Gasteiger partial charge is 0.0585 e. The van der Waals surface area contributed by atoms with Crippen LogP contribution in [0, 0.1) is 0 Å². The lowest BCUT2D eigenvalue weighted by Crippen LogP contribution is -2.26. The molecule has 1 aromatic rings. The second-order valence-corrected chi connectivity index (χ2v) is 3.15. The summed E-state index contributed by atoms with van der Waals surface area (Å²) < 4.78 is 0. The van der Waals surface area contributed by atoms with E-state index in [-0.39, 0.29) is 12.6 Å². The Hall–Kier alpha value is -0.570. The van der Waals surface area contributed by atoms with Crippen LogP contribution in [0.3, 0.4) is 0 Å². The summed E-state index contributed by atoms with van der Waals surface area (Å²) in [6.07, 6.45) is 0.621. The predicted molar refractivity (Wildman–Crippen MR) is 50.2 cm³/mol. The Bertz CT molecular complexity index is 252. The van der Waals surface area contributed by atoms with Crippen LogP contribution in [0.15, 0.2) is 24.3 Å². The Kier molecular flexibility index (Phi) is 3.53. The maximum absolute atomic E-state index is 8.72. The molecule has 3 heteroatoms. The first-order valence-corrected chi connectivity index (χ1v) is 4.21. The molecule has 0 heterocycles. The average Bonchev–Trinajstić information content (AvgIpc) is 2.09. The Balaban J connectivity index is 2.69. The van der Waals surface area contributed by atoms with Crippen molar-refractivity contribution >= 4 is 11.6 Å². The van der Waals surface area contributed by atoms with E-state index in [0.717, 1.165) is 5.56 Å². The number of hydrogen-bond donors (Lipinski definition) is 2. The molecular weight excluding hydrogens is 174 g/mol. The van der Waals surface area contributed by atoms with E-state index in [1.165, 1.54) is 0 Å². The number of rotatable bonds is 3. The molecule has 12 heavy (non-hydrogen) atoms. The van der Waals surface area contributed by atoms with Crippen molar-refractivity contribution in [2.75, 3.05) is 6.61 Å². The SMILES string of the molecule is N[C@@H](CO)Cc1ccccc1Cl. The number of halogens is 1. The van der Waals surface area contributed by atoms with Gasteiger partial charge in [0, 0.05) is 11.1 Å². The van der Waals surface area contributed by atoms with E-state index in [0.29, 0.717) is 11.4 Å². The Morgan fingerprint density at radius 3 is 2.67 bits per heavy atom. The Morgan fingerprint density at radius 1 is 1.42 bits per heavy atom. The molecule has 0 radical (unpaired) electrons. The lowest BCUT2D eigenvalue weighted by Gasteiger charge is -2.08. The van der Waals surface area contributed by atoms with E-state index in [9.17, 15) is 0 Å². The van der Waals surface area contributed by atoms with Gasteiger partial charge in [0.05, 0.1) is 6.61 Å². The molecule has 0 fully saturated rings. The molecule has 1 aromatic carbocycles. The van der Waals surface area contributed by atoms with E-state index in [4.69, 9.17) is 22.4 Å². The van der Waals surface area contributed by atoms with E-state index < -0.39 is 0 Å². The maximum atomic E-state index is 8.72. The molecule has 0 saturated carbocycles. The largest absolute Gasteiger partial charge is 0.395 e. The highest BCUT2D eigenvalue weighted by molar-refractivity contribution is 6.31. The lowest BCUT2D eigenvalue weighted by atomic mass is 10.1. The fourth-order valence-corrected chi connectivity index (χ4v) is 1.22. The zero-order valence-electron chi connectivity index (χ0n) is 6.70. The third-order valence-corrected chi connectivity index (χ3v) is 2.04. The summed E-state index contributed by atoms with van der Waals surface area (Å²) in [6.45, 7) is -0.00871. The fraction of sp³-hybridized carbons (Fsp3) is 0.333. The third kappa shape index (κ3) is 2.48. The van der Waals surface area contributed by atoms with Crippen LogP contribution in [0.1, 0.15) is 5.56 Å². The van der Waals surface area contributed by atoms with Crippen molar-refractivity contribution in [1.82, 2.24) is 0 Å². The number of aliphatic hydroxyl groups is 1. The molecule has 0 saturated heterocycles. The van der Waals surface area contributed by atoms with Crippen molar-refractivity contribution < 1.29 is 5.11 Å². The molecule has 0 aliphatic carbocycles. The number of hydrogen-bond acceptors (Lipinski definition) is 2. The molecule has 0 aliphatic rings. The molecule has 1 rings (SSSR count). The minimum Gasteiger partial charge on any atom is -0.395 e. The summed E-state index contributed by atoms with van der Waals surface area (Å²) in [5, 5.41) is 9.43. The van der Waals surface area contributed by atoms with E-state index in [1.54, 1.807) is 0 Å². The summed E-state index contributed by atoms with van der Waals surface area (Å²) in [4.78, 5) is 0. The van der Waals surface area contributed by atoms with Gasteiger partial charge in [0.25, 0.3) is 0 Å². The molecule has 0 spiro atoms. The van der Waals surface area contributed by atoms with Crippen molar-refractivity contribution in [3.05, 3.63) is 34.9 Å². The van der Waals surface area contributed by atoms with Crippen LogP contribution < -0.4 is 5.73 Å². The van der Waals surface area contributed by atoms with Gasteiger partial charge in [-0.15, -0.1) is 0 Å². The van der Waals surface area contributed by atoms with Gasteiger partial charge in [0.2, 0.25) is 0 Å². The summed E-state index contributed by atoms with van der Waals surface area (Å²) in [7, 11) is 0. The summed E-state index contributed by atoms with van der Waals surface area (Å²) in [6, 6.07) is 7.30. The molecule has 0 unspecified atom stereocenters. The molecule has 66 valence electrons. The minimum absolute atomic E-state index is 0.00871.